The third kappa shape index (κ3) is 4.06. The van der Waals surface area contributed by atoms with Crippen LogP contribution in [0.5, 0.6) is 0 Å². The zero-order chi connectivity index (χ0) is 11.2. The molecule has 2 N–H and O–H groups in total. The minimum absolute atomic E-state index is 0.348. The Bertz CT molecular complexity index is 183. The van der Waals surface area contributed by atoms with Gasteiger partial charge in [-0.25, -0.2) is 0 Å². The Morgan fingerprint density at radius 1 is 0.938 bits per heavy atom. The molecule has 0 spiro atoms. The summed E-state index contributed by atoms with van der Waals surface area (Å²) in [5, 5.41) is 12.9. The van der Waals surface area contributed by atoms with Crippen LogP contribution in [0.1, 0.15) is 64.2 Å². The summed E-state index contributed by atoms with van der Waals surface area (Å²) in [7, 11) is 0. The van der Waals surface area contributed by atoms with E-state index in [1.807, 2.05) is 0 Å². The molecule has 0 aromatic heterocycles. The lowest BCUT2D eigenvalue weighted by molar-refractivity contribution is 0.240. The van der Waals surface area contributed by atoms with Gasteiger partial charge in [-0.1, -0.05) is 32.1 Å². The highest BCUT2D eigenvalue weighted by Crippen LogP contribution is 2.34. The van der Waals surface area contributed by atoms with Gasteiger partial charge in [-0.05, 0) is 38.0 Å². The Morgan fingerprint density at radius 2 is 1.56 bits per heavy atom. The van der Waals surface area contributed by atoms with Crippen molar-refractivity contribution in [1.82, 2.24) is 5.32 Å². The van der Waals surface area contributed by atoms with E-state index in [1.54, 1.807) is 0 Å². The van der Waals surface area contributed by atoms with Gasteiger partial charge in [-0.3, -0.25) is 0 Å². The lowest BCUT2D eigenvalue weighted by Crippen LogP contribution is -2.40. The van der Waals surface area contributed by atoms with Gasteiger partial charge in [0.1, 0.15) is 0 Å². The van der Waals surface area contributed by atoms with Crippen LogP contribution in [0.25, 0.3) is 0 Å². The molecule has 2 nitrogen and oxygen atoms in total. The molecule has 0 aliphatic heterocycles. The SMILES string of the molecule is OCCC(NC1CCCCCCC1)C1CC1. The van der Waals surface area contributed by atoms with Crippen molar-refractivity contribution in [1.29, 1.82) is 0 Å². The average Bonchev–Trinajstić information content (AvgIpc) is 3.04. The van der Waals surface area contributed by atoms with E-state index in [1.165, 1.54) is 57.8 Å². The fraction of sp³-hybridized carbons (Fsp3) is 1.00. The predicted molar refractivity (Wildman–Crippen MR) is 67.5 cm³/mol. The van der Waals surface area contributed by atoms with E-state index in [9.17, 15) is 0 Å². The van der Waals surface area contributed by atoms with E-state index < -0.39 is 0 Å². The van der Waals surface area contributed by atoms with Gasteiger partial charge in [0.15, 0.2) is 0 Å². The summed E-state index contributed by atoms with van der Waals surface area (Å²) in [5.74, 6) is 0.873. The summed E-state index contributed by atoms with van der Waals surface area (Å²) in [6, 6.07) is 1.34. The molecule has 2 heteroatoms. The van der Waals surface area contributed by atoms with E-state index in [2.05, 4.69) is 5.32 Å². The minimum Gasteiger partial charge on any atom is -0.396 e. The van der Waals surface area contributed by atoms with E-state index in [4.69, 9.17) is 5.11 Å². The maximum Gasteiger partial charge on any atom is 0.0445 e. The number of rotatable bonds is 5. The Hall–Kier alpha value is -0.0800. The minimum atomic E-state index is 0.348. The summed E-state index contributed by atoms with van der Waals surface area (Å²) < 4.78 is 0. The van der Waals surface area contributed by atoms with Crippen LogP contribution in [0.2, 0.25) is 0 Å². The molecular formula is C14H27NO. The molecule has 2 aliphatic carbocycles. The summed E-state index contributed by atoms with van der Waals surface area (Å²) in [6.07, 6.45) is 13.5. The molecule has 1 unspecified atom stereocenters. The molecule has 16 heavy (non-hydrogen) atoms. The first-order chi connectivity index (χ1) is 7.90. The monoisotopic (exact) mass is 225 g/mol. The zero-order valence-electron chi connectivity index (χ0n) is 10.5. The maximum atomic E-state index is 9.10. The predicted octanol–water partition coefficient (Wildman–Crippen LogP) is 2.85. The van der Waals surface area contributed by atoms with Crippen LogP contribution in [-0.4, -0.2) is 23.8 Å². The molecule has 1 atom stereocenters. The van der Waals surface area contributed by atoms with Crippen LogP contribution in [0.3, 0.4) is 0 Å². The van der Waals surface area contributed by atoms with Gasteiger partial charge in [-0.15, -0.1) is 0 Å². The summed E-state index contributed by atoms with van der Waals surface area (Å²) in [5.41, 5.74) is 0. The zero-order valence-corrected chi connectivity index (χ0v) is 10.5. The Kier molecular flexibility index (Phi) is 5.11. The summed E-state index contributed by atoms with van der Waals surface area (Å²) in [6.45, 7) is 0.348. The molecular weight excluding hydrogens is 198 g/mol. The molecule has 94 valence electrons. The van der Waals surface area contributed by atoms with Crippen LogP contribution in [-0.2, 0) is 0 Å². The van der Waals surface area contributed by atoms with Crippen LogP contribution >= 0.6 is 0 Å². The topological polar surface area (TPSA) is 32.3 Å². The van der Waals surface area contributed by atoms with Gasteiger partial charge < -0.3 is 10.4 Å². The van der Waals surface area contributed by atoms with Gasteiger partial charge in [0.05, 0.1) is 0 Å². The van der Waals surface area contributed by atoms with Crippen molar-refractivity contribution in [2.24, 2.45) is 5.92 Å². The third-order valence-corrected chi connectivity index (χ3v) is 4.19. The smallest absolute Gasteiger partial charge is 0.0445 e. The first-order valence-corrected chi connectivity index (χ1v) is 7.27. The molecule has 0 aromatic rings. The van der Waals surface area contributed by atoms with E-state index in [0.29, 0.717) is 12.6 Å². The van der Waals surface area contributed by atoms with E-state index >= 15 is 0 Å². The molecule has 0 bridgehead atoms. The third-order valence-electron chi connectivity index (χ3n) is 4.19. The van der Waals surface area contributed by atoms with Crippen molar-refractivity contribution in [2.45, 2.75) is 76.3 Å². The Balaban J connectivity index is 1.75. The lowest BCUT2D eigenvalue weighted by Gasteiger charge is -2.27. The van der Waals surface area contributed by atoms with Gasteiger partial charge in [0, 0.05) is 18.7 Å². The van der Waals surface area contributed by atoms with Gasteiger partial charge in [0.25, 0.3) is 0 Å². The first kappa shape index (κ1) is 12.4. The second kappa shape index (κ2) is 6.61. The number of nitrogens with one attached hydrogen (secondary N) is 1. The molecule has 0 saturated heterocycles. The van der Waals surface area contributed by atoms with Crippen LogP contribution in [0, 0.1) is 5.92 Å². The van der Waals surface area contributed by atoms with Crippen LogP contribution in [0.4, 0.5) is 0 Å². The molecule has 0 radical (unpaired) electrons. The summed E-state index contributed by atoms with van der Waals surface area (Å²) >= 11 is 0. The van der Waals surface area contributed by atoms with Crippen molar-refractivity contribution in [2.75, 3.05) is 6.61 Å². The first-order valence-electron chi connectivity index (χ1n) is 7.27. The lowest BCUT2D eigenvalue weighted by atomic mass is 9.95. The van der Waals surface area contributed by atoms with E-state index in [-0.39, 0.29) is 0 Å². The highest BCUT2D eigenvalue weighted by Gasteiger charge is 2.31. The van der Waals surface area contributed by atoms with Gasteiger partial charge >= 0.3 is 0 Å². The number of hydrogen-bond donors (Lipinski definition) is 2. The van der Waals surface area contributed by atoms with Gasteiger partial charge in [0.2, 0.25) is 0 Å². The Labute approximate surface area is 99.8 Å². The molecule has 2 aliphatic rings. The molecule has 0 heterocycles. The van der Waals surface area contributed by atoms with Crippen LogP contribution in [0.15, 0.2) is 0 Å². The summed E-state index contributed by atoms with van der Waals surface area (Å²) in [4.78, 5) is 0. The molecule has 2 rings (SSSR count). The molecule has 0 amide bonds. The number of aliphatic hydroxyl groups is 1. The van der Waals surface area contributed by atoms with E-state index in [0.717, 1.165) is 18.4 Å². The van der Waals surface area contributed by atoms with Crippen molar-refractivity contribution in [3.8, 4) is 0 Å². The standard InChI is InChI=1S/C14H27NO/c16-11-10-14(12-8-9-12)15-13-6-4-2-1-3-5-7-13/h12-16H,1-11H2. The van der Waals surface area contributed by atoms with Crippen molar-refractivity contribution < 1.29 is 5.11 Å². The highest BCUT2D eigenvalue weighted by molar-refractivity contribution is 4.88. The number of aliphatic hydroxyl groups excluding tert-OH is 1. The van der Waals surface area contributed by atoms with Crippen molar-refractivity contribution >= 4 is 0 Å². The second-order valence-corrected chi connectivity index (χ2v) is 5.66. The Morgan fingerprint density at radius 3 is 2.12 bits per heavy atom. The second-order valence-electron chi connectivity index (χ2n) is 5.66. The van der Waals surface area contributed by atoms with Gasteiger partial charge in [-0.2, -0.15) is 0 Å². The largest absolute Gasteiger partial charge is 0.396 e. The fourth-order valence-electron chi connectivity index (χ4n) is 3.02. The highest BCUT2D eigenvalue weighted by atomic mass is 16.3. The fourth-order valence-corrected chi connectivity index (χ4v) is 3.02. The maximum absolute atomic E-state index is 9.10. The normalized spacial score (nSPS) is 26.1. The van der Waals surface area contributed by atoms with Crippen molar-refractivity contribution in [3.05, 3.63) is 0 Å². The molecule has 2 saturated carbocycles. The molecule has 0 aromatic carbocycles. The molecule has 2 fully saturated rings. The van der Waals surface area contributed by atoms with Crippen molar-refractivity contribution in [3.63, 3.8) is 0 Å². The average molecular weight is 225 g/mol. The number of hydrogen-bond acceptors (Lipinski definition) is 2. The van der Waals surface area contributed by atoms with Crippen LogP contribution < -0.4 is 5.32 Å². The quantitative estimate of drug-likeness (QED) is 0.754.